The van der Waals surface area contributed by atoms with E-state index in [1.165, 1.54) is 16.6 Å². The minimum absolute atomic E-state index is 0.856. The van der Waals surface area contributed by atoms with Crippen molar-refractivity contribution in [1.82, 2.24) is 14.3 Å². The third-order valence-corrected chi connectivity index (χ3v) is 3.95. The third-order valence-electron chi connectivity index (χ3n) is 3.45. The SMILES string of the molecule is CCc1cc(Cn2ccc3cc(Br)ccc32)n(C)n1. The second kappa shape index (κ2) is 4.85. The van der Waals surface area contributed by atoms with E-state index in [9.17, 15) is 0 Å². The molecule has 0 aliphatic rings. The Labute approximate surface area is 121 Å². The van der Waals surface area contributed by atoms with Gasteiger partial charge in [-0.05, 0) is 36.8 Å². The molecule has 0 saturated carbocycles. The molecule has 3 rings (SSSR count). The van der Waals surface area contributed by atoms with Crippen LogP contribution in [0.25, 0.3) is 10.9 Å². The first-order valence-electron chi connectivity index (χ1n) is 6.43. The Morgan fingerprint density at radius 3 is 2.79 bits per heavy atom. The molecule has 0 saturated heterocycles. The maximum atomic E-state index is 4.50. The fourth-order valence-corrected chi connectivity index (χ4v) is 2.75. The van der Waals surface area contributed by atoms with Crippen LogP contribution < -0.4 is 0 Å². The van der Waals surface area contributed by atoms with E-state index in [0.29, 0.717) is 0 Å². The molecule has 4 heteroatoms. The Balaban J connectivity index is 1.98. The smallest absolute Gasteiger partial charge is 0.0645 e. The van der Waals surface area contributed by atoms with E-state index in [2.05, 4.69) is 69.0 Å². The van der Waals surface area contributed by atoms with E-state index in [1.54, 1.807) is 0 Å². The second-order valence-electron chi connectivity index (χ2n) is 4.75. The molecule has 0 amide bonds. The molecular formula is C15H16BrN3. The average molecular weight is 318 g/mol. The number of nitrogens with zero attached hydrogens (tertiary/aromatic N) is 3. The van der Waals surface area contributed by atoms with Crippen LogP contribution in [0.15, 0.2) is 41.0 Å². The fraction of sp³-hybridized carbons (Fsp3) is 0.267. The lowest BCUT2D eigenvalue weighted by Gasteiger charge is -2.05. The van der Waals surface area contributed by atoms with Crippen molar-refractivity contribution in [3.05, 3.63) is 52.4 Å². The summed E-state index contributed by atoms with van der Waals surface area (Å²) in [7, 11) is 2.01. The molecule has 0 aliphatic carbocycles. The van der Waals surface area contributed by atoms with E-state index < -0.39 is 0 Å². The molecule has 0 N–H and O–H groups in total. The number of aromatic nitrogens is 3. The topological polar surface area (TPSA) is 22.8 Å². The van der Waals surface area contributed by atoms with Crippen LogP contribution in [0.5, 0.6) is 0 Å². The van der Waals surface area contributed by atoms with Crippen molar-refractivity contribution in [2.75, 3.05) is 0 Å². The summed E-state index contributed by atoms with van der Waals surface area (Å²) in [5.74, 6) is 0. The highest BCUT2D eigenvalue weighted by Crippen LogP contribution is 2.21. The lowest BCUT2D eigenvalue weighted by atomic mass is 10.2. The molecule has 98 valence electrons. The highest BCUT2D eigenvalue weighted by molar-refractivity contribution is 9.10. The monoisotopic (exact) mass is 317 g/mol. The lowest BCUT2D eigenvalue weighted by Crippen LogP contribution is -2.04. The van der Waals surface area contributed by atoms with Crippen LogP contribution in [0, 0.1) is 0 Å². The molecule has 0 unspecified atom stereocenters. The molecule has 2 heterocycles. The molecule has 0 radical (unpaired) electrons. The van der Waals surface area contributed by atoms with Crippen molar-refractivity contribution in [2.24, 2.45) is 7.05 Å². The number of hydrogen-bond donors (Lipinski definition) is 0. The Kier molecular flexibility index (Phi) is 3.19. The van der Waals surface area contributed by atoms with Gasteiger partial charge in [0.25, 0.3) is 0 Å². The van der Waals surface area contributed by atoms with Crippen LogP contribution in [0.2, 0.25) is 0 Å². The number of hydrogen-bond acceptors (Lipinski definition) is 1. The quantitative estimate of drug-likeness (QED) is 0.721. The molecule has 1 aromatic carbocycles. The summed E-state index contributed by atoms with van der Waals surface area (Å²) in [6, 6.07) is 10.7. The molecule has 0 fully saturated rings. The van der Waals surface area contributed by atoms with Crippen molar-refractivity contribution >= 4 is 26.8 Å². The summed E-state index contributed by atoms with van der Waals surface area (Å²) >= 11 is 3.51. The largest absolute Gasteiger partial charge is 0.341 e. The molecule has 0 bridgehead atoms. The van der Waals surface area contributed by atoms with E-state index in [1.807, 2.05) is 11.7 Å². The van der Waals surface area contributed by atoms with Gasteiger partial charge < -0.3 is 4.57 Å². The predicted molar refractivity (Wildman–Crippen MR) is 81.3 cm³/mol. The molecule has 0 spiro atoms. The van der Waals surface area contributed by atoms with Crippen molar-refractivity contribution in [3.63, 3.8) is 0 Å². The number of aryl methyl sites for hydroxylation is 2. The summed E-state index contributed by atoms with van der Waals surface area (Å²) < 4.78 is 5.36. The minimum atomic E-state index is 0.856. The van der Waals surface area contributed by atoms with Crippen molar-refractivity contribution in [2.45, 2.75) is 19.9 Å². The van der Waals surface area contributed by atoms with Crippen molar-refractivity contribution in [1.29, 1.82) is 0 Å². The molecule has 0 atom stereocenters. The van der Waals surface area contributed by atoms with Gasteiger partial charge in [0.15, 0.2) is 0 Å². The second-order valence-corrected chi connectivity index (χ2v) is 5.67. The van der Waals surface area contributed by atoms with Crippen LogP contribution in [0.3, 0.4) is 0 Å². The van der Waals surface area contributed by atoms with Gasteiger partial charge in [-0.2, -0.15) is 5.10 Å². The zero-order chi connectivity index (χ0) is 13.4. The first-order valence-corrected chi connectivity index (χ1v) is 7.23. The maximum Gasteiger partial charge on any atom is 0.0645 e. The Hall–Kier alpha value is -1.55. The minimum Gasteiger partial charge on any atom is -0.341 e. The van der Waals surface area contributed by atoms with Crippen LogP contribution in [0.1, 0.15) is 18.3 Å². The highest BCUT2D eigenvalue weighted by Gasteiger charge is 2.07. The van der Waals surface area contributed by atoms with Crippen LogP contribution in [0.4, 0.5) is 0 Å². The molecule has 19 heavy (non-hydrogen) atoms. The van der Waals surface area contributed by atoms with Crippen molar-refractivity contribution in [3.8, 4) is 0 Å². The average Bonchev–Trinajstić information content (AvgIpc) is 2.94. The van der Waals surface area contributed by atoms with Crippen LogP contribution in [-0.4, -0.2) is 14.3 Å². The normalized spacial score (nSPS) is 11.3. The summed E-state index contributed by atoms with van der Waals surface area (Å²) in [5.41, 5.74) is 3.64. The first-order chi connectivity index (χ1) is 9.17. The summed E-state index contributed by atoms with van der Waals surface area (Å²) in [6.45, 7) is 2.99. The number of rotatable bonds is 3. The Morgan fingerprint density at radius 1 is 1.21 bits per heavy atom. The zero-order valence-corrected chi connectivity index (χ0v) is 12.7. The first kappa shape index (κ1) is 12.5. The van der Waals surface area contributed by atoms with E-state index in [0.717, 1.165) is 23.1 Å². The molecule has 0 aliphatic heterocycles. The van der Waals surface area contributed by atoms with Crippen LogP contribution in [-0.2, 0) is 20.0 Å². The summed E-state index contributed by atoms with van der Waals surface area (Å²) in [5, 5.41) is 5.76. The summed E-state index contributed by atoms with van der Waals surface area (Å²) in [6.07, 6.45) is 3.11. The van der Waals surface area contributed by atoms with Gasteiger partial charge in [-0.1, -0.05) is 22.9 Å². The van der Waals surface area contributed by atoms with Crippen molar-refractivity contribution < 1.29 is 0 Å². The van der Waals surface area contributed by atoms with Gasteiger partial charge in [-0.3, -0.25) is 4.68 Å². The van der Waals surface area contributed by atoms with Gasteiger partial charge in [0.1, 0.15) is 0 Å². The number of fused-ring (bicyclic) bond motifs is 1. The predicted octanol–water partition coefficient (Wildman–Crippen LogP) is 3.75. The molecule has 2 aromatic heterocycles. The van der Waals surface area contributed by atoms with Gasteiger partial charge in [0, 0.05) is 28.6 Å². The molecule has 3 aromatic rings. The molecular weight excluding hydrogens is 302 g/mol. The number of halogens is 1. The van der Waals surface area contributed by atoms with E-state index in [4.69, 9.17) is 0 Å². The van der Waals surface area contributed by atoms with E-state index >= 15 is 0 Å². The maximum absolute atomic E-state index is 4.50. The van der Waals surface area contributed by atoms with E-state index in [-0.39, 0.29) is 0 Å². The Bertz CT molecular complexity index is 724. The van der Waals surface area contributed by atoms with Crippen LogP contribution >= 0.6 is 15.9 Å². The highest BCUT2D eigenvalue weighted by atomic mass is 79.9. The van der Waals surface area contributed by atoms with Gasteiger partial charge >= 0.3 is 0 Å². The fourth-order valence-electron chi connectivity index (χ4n) is 2.38. The standard InChI is InChI=1S/C15H16BrN3/c1-3-13-9-14(18(2)17-13)10-19-7-6-11-8-12(16)4-5-15(11)19/h4-9H,3,10H2,1-2H3. The Morgan fingerprint density at radius 2 is 2.05 bits per heavy atom. The number of benzene rings is 1. The van der Waals surface area contributed by atoms with Gasteiger partial charge in [-0.15, -0.1) is 0 Å². The van der Waals surface area contributed by atoms with Gasteiger partial charge in [0.05, 0.1) is 17.9 Å². The lowest BCUT2D eigenvalue weighted by molar-refractivity contribution is 0.669. The van der Waals surface area contributed by atoms with Gasteiger partial charge in [0.2, 0.25) is 0 Å². The van der Waals surface area contributed by atoms with Gasteiger partial charge in [-0.25, -0.2) is 0 Å². The third kappa shape index (κ3) is 2.32. The zero-order valence-electron chi connectivity index (χ0n) is 11.1. The molecule has 3 nitrogen and oxygen atoms in total. The summed E-state index contributed by atoms with van der Waals surface area (Å²) in [4.78, 5) is 0.